The summed E-state index contributed by atoms with van der Waals surface area (Å²) in [4.78, 5) is 116. The van der Waals surface area contributed by atoms with Crippen molar-refractivity contribution in [3.05, 3.63) is 179 Å². The van der Waals surface area contributed by atoms with Gasteiger partial charge in [-0.25, -0.2) is 19.1 Å². The monoisotopic (exact) mass is 1380 g/mol. The topological polar surface area (TPSA) is 268 Å². The molecule has 0 bridgehead atoms. The predicted octanol–water partition coefficient (Wildman–Crippen LogP) is 11.0. The molecule has 0 spiro atoms. The maximum atomic E-state index is 15.5. The fourth-order valence-electron chi connectivity index (χ4n) is 12.1. The van der Waals surface area contributed by atoms with Crippen molar-refractivity contribution in [3.8, 4) is 22.6 Å². The number of carbonyl (C=O) groups is 8. The molecule has 7 aromatic rings. The summed E-state index contributed by atoms with van der Waals surface area (Å²) >= 11 is 0. The van der Waals surface area contributed by atoms with Gasteiger partial charge < -0.3 is 49.5 Å². The summed E-state index contributed by atoms with van der Waals surface area (Å²) in [7, 11) is 0.522. The van der Waals surface area contributed by atoms with Crippen molar-refractivity contribution in [1.29, 1.82) is 0 Å². The third-order valence-corrected chi connectivity index (χ3v) is 23.3. The number of hydrogen-bond acceptors (Lipinski definition) is 15. The molecular weight excluding hydrogens is 1290 g/mol. The molecule has 2 aliphatic rings. The zero-order chi connectivity index (χ0) is 72.6. The largest absolute Gasteiger partial charge is 0.544 e. The number of ketones is 1. The van der Waals surface area contributed by atoms with Crippen LogP contribution in [-0.2, 0) is 68.8 Å². The minimum absolute atomic E-state index is 0.00434. The average Bonchev–Trinajstić information content (AvgIpc) is 1.62. The van der Waals surface area contributed by atoms with Crippen LogP contribution in [0.2, 0.25) is 18.1 Å². The number of ether oxygens (including phenoxy) is 4. The molecule has 6 aromatic carbocycles. The second-order valence-electron chi connectivity index (χ2n) is 29.7. The summed E-state index contributed by atoms with van der Waals surface area (Å²) in [6, 6.07) is 36.4. The lowest BCUT2D eigenvalue weighted by molar-refractivity contribution is -0.145. The highest BCUT2D eigenvalue weighted by Crippen LogP contribution is 2.45. The number of amides is 6. The summed E-state index contributed by atoms with van der Waals surface area (Å²) in [6.45, 7) is 24.1. The van der Waals surface area contributed by atoms with Crippen LogP contribution in [0.4, 0.5) is 9.59 Å². The molecular formula is C77H95N9O13Si. The van der Waals surface area contributed by atoms with Crippen LogP contribution in [-0.4, -0.2) is 150 Å². The number of benzene rings is 6. The molecule has 1 unspecified atom stereocenters. The van der Waals surface area contributed by atoms with Crippen LogP contribution in [0.15, 0.2) is 146 Å². The van der Waals surface area contributed by atoms with Crippen molar-refractivity contribution >= 4 is 66.7 Å². The van der Waals surface area contributed by atoms with Gasteiger partial charge in [-0.15, -0.1) is 5.10 Å². The number of likely N-dealkylation sites (N-methyl/N-ethyl adjacent to an activating group) is 1. The number of alkyl carbamates (subject to hydrolysis) is 1. The molecule has 1 aliphatic heterocycles. The number of Topliss-reactive ketones (excluding diaryl/α,β-unsaturated/α-hetero) is 1. The maximum Gasteiger partial charge on any atom is 0.410 e. The minimum atomic E-state index is -2.16. The average molecular weight is 1380 g/mol. The van der Waals surface area contributed by atoms with Crippen molar-refractivity contribution in [2.24, 2.45) is 5.41 Å². The zero-order valence-electron chi connectivity index (χ0n) is 60.0. The van der Waals surface area contributed by atoms with E-state index in [2.05, 4.69) is 65.4 Å². The van der Waals surface area contributed by atoms with Gasteiger partial charge in [0.15, 0.2) is 5.78 Å². The number of rotatable bonds is 25. The van der Waals surface area contributed by atoms with E-state index in [4.69, 9.17) is 23.4 Å². The van der Waals surface area contributed by atoms with E-state index in [-0.39, 0.29) is 62.2 Å². The number of aromatic nitrogens is 3. The third-order valence-electron chi connectivity index (χ3n) is 18.9. The third kappa shape index (κ3) is 18.5. The first-order valence-corrected chi connectivity index (χ1v) is 36.8. The molecule has 0 radical (unpaired) electrons. The van der Waals surface area contributed by atoms with Gasteiger partial charge in [0.2, 0.25) is 31.9 Å². The normalized spacial score (nSPS) is 16.1. The Labute approximate surface area is 586 Å². The fourth-order valence-corrected chi connectivity index (χ4v) is 13.1. The van der Waals surface area contributed by atoms with Crippen LogP contribution in [0.3, 0.4) is 0 Å². The molecule has 530 valence electrons. The molecule has 1 saturated heterocycles. The van der Waals surface area contributed by atoms with Gasteiger partial charge in [0.25, 0.3) is 0 Å². The number of likely N-dealkylation sites (tertiary alicyclic amines) is 1. The fraction of sp³-hybridized carbons (Fsp3) is 0.429. The van der Waals surface area contributed by atoms with E-state index >= 15 is 9.59 Å². The molecule has 1 aliphatic carbocycles. The van der Waals surface area contributed by atoms with Gasteiger partial charge in [-0.1, -0.05) is 162 Å². The Morgan fingerprint density at radius 1 is 0.660 bits per heavy atom. The molecule has 4 N–H and O–H groups in total. The van der Waals surface area contributed by atoms with Gasteiger partial charge in [-0.2, -0.15) is 0 Å². The predicted molar refractivity (Wildman–Crippen MR) is 383 cm³/mol. The second kappa shape index (κ2) is 31.1. The Hall–Kier alpha value is -9.90. The maximum absolute atomic E-state index is 15.5. The van der Waals surface area contributed by atoms with E-state index in [1.807, 2.05) is 115 Å². The SMILES string of the molecule is COC(=O)[C@H](Cc1ccc(OCc2cn([C@H]3C[C@@H](C(=O)N[C@@H](Cc4ccc5ccccc5c4)C(=O)N[C@@H](Cc4ccc(O[Si](C)(C)C(C)(C)C)cc4)C(C)=O)N(C(=O)[C@@H](NC(=O)C(C)N(C)C(=O)OC(C)(C)C)C(C)(C)C)C3)nn2)cc1)NC(=O)OCC1c2ccccc2-c2ccccc21. The first-order chi connectivity index (χ1) is 47.2. The van der Waals surface area contributed by atoms with Crippen molar-refractivity contribution in [2.45, 2.75) is 180 Å². The van der Waals surface area contributed by atoms with Crippen LogP contribution in [0.25, 0.3) is 21.9 Å². The minimum Gasteiger partial charge on any atom is -0.544 e. The summed E-state index contributed by atoms with van der Waals surface area (Å²) < 4.78 is 30.6. The van der Waals surface area contributed by atoms with E-state index in [1.165, 1.54) is 32.9 Å². The highest BCUT2D eigenvalue weighted by molar-refractivity contribution is 6.74. The quantitative estimate of drug-likeness (QED) is 0.0235. The lowest BCUT2D eigenvalue weighted by Gasteiger charge is -2.37. The van der Waals surface area contributed by atoms with Gasteiger partial charge in [-0.05, 0) is 139 Å². The first-order valence-electron chi connectivity index (χ1n) is 33.9. The number of hydrogen-bond donors (Lipinski definition) is 4. The second-order valence-corrected chi connectivity index (χ2v) is 34.4. The van der Waals surface area contributed by atoms with Gasteiger partial charge in [0, 0.05) is 38.8 Å². The van der Waals surface area contributed by atoms with Crippen LogP contribution in [0, 0.1) is 5.41 Å². The smallest absolute Gasteiger partial charge is 0.410 e. The van der Waals surface area contributed by atoms with Crippen molar-refractivity contribution in [2.75, 3.05) is 27.3 Å². The van der Waals surface area contributed by atoms with Crippen molar-refractivity contribution < 1.29 is 61.7 Å². The van der Waals surface area contributed by atoms with E-state index in [0.717, 1.165) is 49.1 Å². The Kier molecular flexibility index (Phi) is 23.1. The van der Waals surface area contributed by atoms with E-state index < -0.39 is 103 Å². The lowest BCUT2D eigenvalue weighted by atomic mass is 9.85. The lowest BCUT2D eigenvalue weighted by Crippen LogP contribution is -2.61. The van der Waals surface area contributed by atoms with Crippen LogP contribution >= 0.6 is 0 Å². The number of nitrogens with one attached hydrogen (secondary N) is 4. The summed E-state index contributed by atoms with van der Waals surface area (Å²) in [6.07, 6.45) is 0.378. The standard InChI is InChI=1S/C77H95N9O13Si/c1-47(84(12)74(94)98-76(6,7)8)68(88)81-67(75(3,4)5)71(91)85-44-55(86-43-54(82-83-86)45-96-56-34-29-50(30-35-56)40-65(72(92)95-13)80-73(93)97-46-62-60-26-20-18-24-58(60)59-25-19-21-27-61(59)62)42-66(85)70(90)79-64(41-51-28-33-52-22-16-17-23-53(52)38-51)69(89)78-63(48(2)87)39-49-31-36-57(37-32-49)99-100(14,15)77(9,10)11/h16-38,43,47,55,62-67H,39-42,44-46H2,1-15H3,(H,78,89)(H,79,90)(H,80,93)(H,81,88)/t47?,55-,63-,64-,65-,66-,67+/m0/s1. The van der Waals surface area contributed by atoms with Gasteiger partial charge in [0.1, 0.15) is 66.2 Å². The van der Waals surface area contributed by atoms with E-state index in [9.17, 15) is 28.8 Å². The Bertz CT molecular complexity index is 4070. The van der Waals surface area contributed by atoms with E-state index in [0.29, 0.717) is 22.8 Å². The summed E-state index contributed by atoms with van der Waals surface area (Å²) in [5.41, 5.74) is 5.06. The first kappa shape index (κ1) is 74.3. The van der Waals surface area contributed by atoms with E-state index in [1.54, 1.807) is 76.7 Å². The number of carbonyl (C=O) groups excluding carboxylic acids is 8. The summed E-state index contributed by atoms with van der Waals surface area (Å²) in [5, 5.41) is 22.3. The molecule has 6 amide bonds. The van der Waals surface area contributed by atoms with Gasteiger partial charge >= 0.3 is 18.2 Å². The summed E-state index contributed by atoms with van der Waals surface area (Å²) in [5.74, 6) is -2.53. The molecule has 0 saturated carbocycles. The molecule has 7 atom stereocenters. The number of methoxy groups -OCH3 is 1. The van der Waals surface area contributed by atoms with Gasteiger partial charge in [0.05, 0.1) is 25.4 Å². The molecule has 1 aromatic heterocycles. The highest BCUT2D eigenvalue weighted by atomic mass is 28.4. The van der Waals surface area contributed by atoms with Crippen LogP contribution < -0.4 is 30.4 Å². The van der Waals surface area contributed by atoms with Crippen LogP contribution in [0.1, 0.15) is 128 Å². The number of esters is 1. The molecule has 9 rings (SSSR count). The molecule has 2 heterocycles. The van der Waals surface area contributed by atoms with Crippen molar-refractivity contribution in [3.63, 3.8) is 0 Å². The Balaban J connectivity index is 0.924. The Morgan fingerprint density at radius 2 is 1.23 bits per heavy atom. The Morgan fingerprint density at radius 3 is 1.82 bits per heavy atom. The van der Waals surface area contributed by atoms with Crippen molar-refractivity contribution in [1.82, 2.24) is 46.1 Å². The number of nitrogens with zero attached hydrogens (tertiary/aromatic N) is 5. The van der Waals surface area contributed by atoms with Gasteiger partial charge in [-0.3, -0.25) is 28.9 Å². The zero-order valence-corrected chi connectivity index (χ0v) is 61.0. The molecule has 1 fully saturated rings. The molecule has 23 heteroatoms. The molecule has 100 heavy (non-hydrogen) atoms. The number of fused-ring (bicyclic) bond motifs is 4. The molecule has 22 nitrogen and oxygen atoms in total. The van der Waals surface area contributed by atoms with Crippen LogP contribution in [0.5, 0.6) is 11.5 Å². The highest BCUT2D eigenvalue weighted by Gasteiger charge is 2.47.